The highest BCUT2D eigenvalue weighted by Crippen LogP contribution is 2.24. The number of aromatic nitrogens is 2. The first-order chi connectivity index (χ1) is 8.86. The van der Waals surface area contributed by atoms with Crippen molar-refractivity contribution >= 4 is 22.8 Å². The van der Waals surface area contributed by atoms with Crippen molar-refractivity contribution in [2.24, 2.45) is 0 Å². The fourth-order valence-corrected chi connectivity index (χ4v) is 2.99. The molecule has 1 heterocycles. The van der Waals surface area contributed by atoms with Gasteiger partial charge in [-0.3, -0.25) is 0 Å². The van der Waals surface area contributed by atoms with Crippen molar-refractivity contribution < 1.29 is 4.74 Å². The molecule has 4 heteroatoms. The Hall–Kier alpha value is -1.00. The fourth-order valence-electron chi connectivity index (χ4n) is 1.87. The van der Waals surface area contributed by atoms with Gasteiger partial charge in [-0.25, -0.2) is 4.98 Å². The molecule has 0 aliphatic carbocycles. The Labute approximate surface area is 113 Å². The molecule has 0 unspecified atom stereocenters. The summed E-state index contributed by atoms with van der Waals surface area (Å²) in [5.41, 5.74) is 2.28. The molecule has 1 aromatic heterocycles. The van der Waals surface area contributed by atoms with E-state index in [4.69, 9.17) is 9.72 Å². The summed E-state index contributed by atoms with van der Waals surface area (Å²) in [4.78, 5) is 4.71. The van der Waals surface area contributed by atoms with E-state index in [9.17, 15) is 0 Å². The third-order valence-corrected chi connectivity index (χ3v) is 3.93. The second-order valence-electron chi connectivity index (χ2n) is 4.23. The van der Waals surface area contributed by atoms with Crippen molar-refractivity contribution in [2.75, 3.05) is 19.5 Å². The van der Waals surface area contributed by atoms with E-state index in [1.807, 2.05) is 17.8 Å². The van der Waals surface area contributed by atoms with Crippen LogP contribution in [0.15, 0.2) is 29.4 Å². The van der Waals surface area contributed by atoms with Gasteiger partial charge in [-0.15, -0.1) is 0 Å². The lowest BCUT2D eigenvalue weighted by molar-refractivity contribution is 0.186. The van der Waals surface area contributed by atoms with E-state index in [0.717, 1.165) is 29.6 Å². The first-order valence-corrected chi connectivity index (χ1v) is 7.42. The van der Waals surface area contributed by atoms with Crippen molar-refractivity contribution in [3.8, 4) is 0 Å². The van der Waals surface area contributed by atoms with Gasteiger partial charge >= 0.3 is 0 Å². The van der Waals surface area contributed by atoms with Crippen LogP contribution in [0.1, 0.15) is 19.8 Å². The van der Waals surface area contributed by atoms with E-state index in [2.05, 4.69) is 29.7 Å². The summed E-state index contributed by atoms with van der Waals surface area (Å²) in [6.07, 6.45) is 2.46. The van der Waals surface area contributed by atoms with E-state index >= 15 is 0 Å². The molecule has 98 valence electrons. The Morgan fingerprint density at radius 2 is 2.17 bits per heavy atom. The maximum atomic E-state index is 5.19. The second kappa shape index (κ2) is 6.81. The van der Waals surface area contributed by atoms with Crippen LogP contribution in [0.5, 0.6) is 0 Å². The molecule has 0 spiro atoms. The molecule has 2 rings (SSSR count). The van der Waals surface area contributed by atoms with Crippen molar-refractivity contribution in [2.45, 2.75) is 31.5 Å². The molecule has 0 aliphatic rings. The zero-order chi connectivity index (χ0) is 12.8. The maximum Gasteiger partial charge on any atom is 0.169 e. The van der Waals surface area contributed by atoms with E-state index in [-0.39, 0.29) is 0 Å². The van der Waals surface area contributed by atoms with Crippen LogP contribution in [0.4, 0.5) is 0 Å². The molecule has 0 atom stereocenters. The Bertz CT molecular complexity index is 495. The van der Waals surface area contributed by atoms with E-state index < -0.39 is 0 Å². The smallest absolute Gasteiger partial charge is 0.169 e. The van der Waals surface area contributed by atoms with Crippen LogP contribution in [0.2, 0.25) is 0 Å². The van der Waals surface area contributed by atoms with Gasteiger partial charge in [0, 0.05) is 19.4 Å². The van der Waals surface area contributed by atoms with Gasteiger partial charge in [0.25, 0.3) is 0 Å². The fraction of sp³-hybridized carbons (Fsp3) is 0.500. The Morgan fingerprint density at radius 1 is 1.33 bits per heavy atom. The molecule has 3 nitrogen and oxygen atoms in total. The Kier molecular flexibility index (Phi) is 5.08. The highest BCUT2D eigenvalue weighted by molar-refractivity contribution is 7.99. The molecule has 0 N–H and O–H groups in total. The molecule has 0 fully saturated rings. The van der Waals surface area contributed by atoms with Crippen LogP contribution in [-0.2, 0) is 11.3 Å². The zero-order valence-corrected chi connectivity index (χ0v) is 11.9. The summed E-state index contributed by atoms with van der Waals surface area (Å²) in [5.74, 6) is 1.13. The van der Waals surface area contributed by atoms with Gasteiger partial charge in [0.05, 0.1) is 17.6 Å². The van der Waals surface area contributed by atoms with E-state index in [1.54, 1.807) is 7.11 Å². The number of nitrogens with zero attached hydrogens (tertiary/aromatic N) is 2. The summed E-state index contributed by atoms with van der Waals surface area (Å²) < 4.78 is 7.45. The average Bonchev–Trinajstić information content (AvgIpc) is 2.74. The van der Waals surface area contributed by atoms with E-state index in [0.29, 0.717) is 0 Å². The lowest BCUT2D eigenvalue weighted by Gasteiger charge is -2.07. The molecule has 0 amide bonds. The SMILES string of the molecule is CCCCSc1nc2ccccc2n1CCOC. The van der Waals surface area contributed by atoms with Crippen LogP contribution in [0.3, 0.4) is 0 Å². The minimum atomic E-state index is 0.724. The average molecular weight is 264 g/mol. The second-order valence-corrected chi connectivity index (χ2v) is 5.29. The van der Waals surface area contributed by atoms with E-state index in [1.165, 1.54) is 18.4 Å². The zero-order valence-electron chi connectivity index (χ0n) is 11.1. The van der Waals surface area contributed by atoms with Crippen LogP contribution in [-0.4, -0.2) is 29.0 Å². The van der Waals surface area contributed by atoms with Crippen LogP contribution in [0.25, 0.3) is 11.0 Å². The van der Waals surface area contributed by atoms with Gasteiger partial charge in [0.15, 0.2) is 5.16 Å². The molecule has 0 saturated carbocycles. The number of rotatable bonds is 7. The quantitative estimate of drug-likeness (QED) is 0.565. The summed E-state index contributed by atoms with van der Waals surface area (Å²) in [6, 6.07) is 8.30. The molecule has 1 aromatic carbocycles. The number of fused-ring (bicyclic) bond motifs is 1. The predicted molar refractivity (Wildman–Crippen MR) is 77.2 cm³/mol. The summed E-state index contributed by atoms with van der Waals surface area (Å²) in [7, 11) is 1.74. The van der Waals surface area contributed by atoms with Gasteiger partial charge in [-0.2, -0.15) is 0 Å². The van der Waals surface area contributed by atoms with Crippen molar-refractivity contribution in [3.63, 3.8) is 0 Å². The molecular formula is C14H20N2OS. The monoisotopic (exact) mass is 264 g/mol. The third-order valence-electron chi connectivity index (χ3n) is 2.87. The first kappa shape index (κ1) is 13.4. The van der Waals surface area contributed by atoms with Crippen molar-refractivity contribution in [1.82, 2.24) is 9.55 Å². The van der Waals surface area contributed by atoms with Crippen LogP contribution < -0.4 is 0 Å². The number of hydrogen-bond donors (Lipinski definition) is 0. The largest absolute Gasteiger partial charge is 0.383 e. The van der Waals surface area contributed by atoms with Crippen molar-refractivity contribution in [3.05, 3.63) is 24.3 Å². The maximum absolute atomic E-state index is 5.19. The molecule has 0 aliphatic heterocycles. The number of thioether (sulfide) groups is 1. The highest BCUT2D eigenvalue weighted by atomic mass is 32.2. The predicted octanol–water partition coefficient (Wildman–Crippen LogP) is 3.57. The minimum absolute atomic E-state index is 0.724. The molecule has 0 bridgehead atoms. The Balaban J connectivity index is 2.25. The molecule has 0 saturated heterocycles. The summed E-state index contributed by atoms with van der Waals surface area (Å²) in [5, 5.41) is 1.11. The van der Waals surface area contributed by atoms with Gasteiger partial charge in [0.1, 0.15) is 0 Å². The number of hydrogen-bond acceptors (Lipinski definition) is 3. The molecule has 2 aromatic rings. The van der Waals surface area contributed by atoms with Crippen LogP contribution >= 0.6 is 11.8 Å². The van der Waals surface area contributed by atoms with Crippen molar-refractivity contribution in [1.29, 1.82) is 0 Å². The highest BCUT2D eigenvalue weighted by Gasteiger charge is 2.10. The molecule has 0 radical (unpaired) electrons. The lowest BCUT2D eigenvalue weighted by atomic mass is 10.3. The summed E-state index contributed by atoms with van der Waals surface area (Å²) >= 11 is 1.84. The normalized spacial score (nSPS) is 11.2. The number of para-hydroxylation sites is 2. The molecule has 18 heavy (non-hydrogen) atoms. The lowest BCUT2D eigenvalue weighted by Crippen LogP contribution is -2.05. The van der Waals surface area contributed by atoms with Gasteiger partial charge in [0.2, 0.25) is 0 Å². The number of benzene rings is 1. The number of methoxy groups -OCH3 is 1. The van der Waals surface area contributed by atoms with Gasteiger partial charge < -0.3 is 9.30 Å². The number of ether oxygens (including phenoxy) is 1. The topological polar surface area (TPSA) is 27.1 Å². The first-order valence-electron chi connectivity index (χ1n) is 6.43. The van der Waals surface area contributed by atoms with Crippen LogP contribution in [0, 0.1) is 0 Å². The number of imidazole rings is 1. The third kappa shape index (κ3) is 3.06. The van der Waals surface area contributed by atoms with Gasteiger partial charge in [-0.05, 0) is 18.6 Å². The Morgan fingerprint density at radius 3 is 2.94 bits per heavy atom. The van der Waals surface area contributed by atoms with Gasteiger partial charge in [-0.1, -0.05) is 37.2 Å². The standard InChI is InChI=1S/C14H20N2OS/c1-3-4-11-18-14-15-12-7-5-6-8-13(12)16(14)9-10-17-2/h5-8H,3-4,9-11H2,1-2H3. The minimum Gasteiger partial charge on any atom is -0.383 e. The molecular weight excluding hydrogens is 244 g/mol. The summed E-state index contributed by atoms with van der Waals surface area (Å²) in [6.45, 7) is 3.81. The number of unbranched alkanes of at least 4 members (excludes halogenated alkanes) is 1.